The van der Waals surface area contributed by atoms with E-state index < -0.39 is 27.7 Å². The van der Waals surface area contributed by atoms with Crippen molar-refractivity contribution in [3.63, 3.8) is 0 Å². The number of aromatic carboxylic acids is 1. The Balaban J connectivity index is 2.34. The molecular weight excluding hydrogens is 454 g/mol. The number of carboxylic acid groups (broad SMARTS) is 2. The Kier molecular flexibility index (Phi) is 7.03. The van der Waals surface area contributed by atoms with Gasteiger partial charge in [0.05, 0.1) is 23.3 Å². The van der Waals surface area contributed by atoms with E-state index in [9.17, 15) is 23.1 Å². The van der Waals surface area contributed by atoms with Gasteiger partial charge >= 0.3 is 11.9 Å². The first-order chi connectivity index (χ1) is 13.1. The minimum Gasteiger partial charge on any atom is -0.497 e. The zero-order valence-corrected chi connectivity index (χ0v) is 17.2. The van der Waals surface area contributed by atoms with Crippen LogP contribution in [0.25, 0.3) is 0 Å². The Bertz CT molecular complexity index is 988. The minimum absolute atomic E-state index is 0.0416. The van der Waals surface area contributed by atoms with E-state index in [-0.39, 0.29) is 29.0 Å². The van der Waals surface area contributed by atoms with Crippen LogP contribution >= 0.6 is 15.9 Å². The molecule has 0 aliphatic carbocycles. The molecule has 3 N–H and O–H groups in total. The van der Waals surface area contributed by atoms with E-state index in [0.29, 0.717) is 15.8 Å². The zero-order chi connectivity index (χ0) is 20.9. The molecule has 0 amide bonds. The van der Waals surface area contributed by atoms with Gasteiger partial charge in [0.15, 0.2) is 9.84 Å². The predicted octanol–water partition coefficient (Wildman–Crippen LogP) is 3.02. The van der Waals surface area contributed by atoms with Crippen LogP contribution in [-0.4, -0.2) is 43.6 Å². The summed E-state index contributed by atoms with van der Waals surface area (Å²) in [6, 6.07) is 8.69. The maximum absolute atomic E-state index is 12.6. The number of methoxy groups -OCH3 is 1. The standard InChI is InChI=1S/C18H18BrNO7S/c1-27-13-3-5-14(6-4-13)28(25,26)10-20-17-11(2-7-16(21)22)8-12(19)9-15(17)18(23)24/h3-6,8-9,20H,2,7,10H2,1H3,(H,21,22)(H,23,24). The van der Waals surface area contributed by atoms with Crippen molar-refractivity contribution in [2.75, 3.05) is 18.3 Å². The van der Waals surface area contributed by atoms with Gasteiger partial charge in [0.1, 0.15) is 11.6 Å². The average molecular weight is 472 g/mol. The number of hydrogen-bond donors (Lipinski definition) is 3. The number of carbonyl (C=O) groups is 2. The molecule has 0 heterocycles. The highest BCUT2D eigenvalue weighted by Gasteiger charge is 2.20. The van der Waals surface area contributed by atoms with E-state index >= 15 is 0 Å². The molecule has 0 unspecified atom stereocenters. The van der Waals surface area contributed by atoms with Gasteiger partial charge in [-0.25, -0.2) is 13.2 Å². The molecule has 0 bridgehead atoms. The summed E-state index contributed by atoms with van der Waals surface area (Å²) in [5, 5.41) is 21.0. The number of ether oxygens (including phenoxy) is 1. The molecule has 0 aliphatic heterocycles. The van der Waals surface area contributed by atoms with Gasteiger partial charge in [-0.3, -0.25) is 4.79 Å². The summed E-state index contributed by atoms with van der Waals surface area (Å²) in [7, 11) is -2.31. The number of halogens is 1. The Hall–Kier alpha value is -2.59. The van der Waals surface area contributed by atoms with Crippen molar-refractivity contribution >= 4 is 43.4 Å². The topological polar surface area (TPSA) is 130 Å². The van der Waals surface area contributed by atoms with Crippen molar-refractivity contribution in [1.29, 1.82) is 0 Å². The molecule has 2 rings (SSSR count). The lowest BCUT2D eigenvalue weighted by Crippen LogP contribution is -2.18. The fraction of sp³-hybridized carbons (Fsp3) is 0.222. The van der Waals surface area contributed by atoms with Crippen LogP contribution in [0.5, 0.6) is 5.75 Å². The molecule has 0 saturated carbocycles. The van der Waals surface area contributed by atoms with Crippen molar-refractivity contribution in [2.45, 2.75) is 17.7 Å². The van der Waals surface area contributed by atoms with E-state index in [1.54, 1.807) is 6.07 Å². The van der Waals surface area contributed by atoms with Gasteiger partial charge in [0.2, 0.25) is 0 Å². The van der Waals surface area contributed by atoms with Crippen LogP contribution in [0.15, 0.2) is 45.8 Å². The lowest BCUT2D eigenvalue weighted by molar-refractivity contribution is -0.136. The predicted molar refractivity (Wildman–Crippen MR) is 106 cm³/mol. The third-order valence-electron chi connectivity index (χ3n) is 3.88. The Morgan fingerprint density at radius 2 is 1.79 bits per heavy atom. The van der Waals surface area contributed by atoms with E-state index in [1.807, 2.05) is 0 Å². The SMILES string of the molecule is COc1ccc(S(=O)(=O)CNc2c(CCC(=O)O)cc(Br)cc2C(=O)O)cc1. The van der Waals surface area contributed by atoms with Gasteiger partial charge in [-0.2, -0.15) is 0 Å². The maximum Gasteiger partial charge on any atom is 0.337 e. The van der Waals surface area contributed by atoms with E-state index in [1.165, 1.54) is 37.4 Å². The zero-order valence-electron chi connectivity index (χ0n) is 14.8. The molecule has 0 atom stereocenters. The Morgan fingerprint density at radius 1 is 1.14 bits per heavy atom. The molecular formula is C18H18BrNO7S. The van der Waals surface area contributed by atoms with Gasteiger partial charge in [0.25, 0.3) is 0 Å². The van der Waals surface area contributed by atoms with Crippen LogP contribution in [-0.2, 0) is 21.1 Å². The fourth-order valence-corrected chi connectivity index (χ4v) is 4.07. The van der Waals surface area contributed by atoms with Crippen molar-refractivity contribution in [3.05, 3.63) is 52.0 Å². The minimum atomic E-state index is -3.77. The summed E-state index contributed by atoms with van der Waals surface area (Å²) in [6.07, 6.45) is -0.185. The van der Waals surface area contributed by atoms with Crippen molar-refractivity contribution in [2.24, 2.45) is 0 Å². The first kappa shape index (κ1) is 21.7. The first-order valence-corrected chi connectivity index (χ1v) is 10.5. The molecule has 2 aromatic rings. The third-order valence-corrected chi connectivity index (χ3v) is 5.85. The molecule has 0 spiro atoms. The summed E-state index contributed by atoms with van der Waals surface area (Å²) >= 11 is 3.19. The van der Waals surface area contributed by atoms with Crippen molar-refractivity contribution in [3.8, 4) is 5.75 Å². The van der Waals surface area contributed by atoms with Gasteiger partial charge in [-0.15, -0.1) is 0 Å². The Morgan fingerprint density at radius 3 is 2.32 bits per heavy atom. The molecule has 0 saturated heterocycles. The summed E-state index contributed by atoms with van der Waals surface area (Å²) in [5.41, 5.74) is 0.313. The van der Waals surface area contributed by atoms with Gasteiger partial charge in [0, 0.05) is 10.9 Å². The lowest BCUT2D eigenvalue weighted by Gasteiger charge is -2.16. The van der Waals surface area contributed by atoms with Crippen LogP contribution in [0, 0.1) is 0 Å². The van der Waals surface area contributed by atoms with Crippen LogP contribution < -0.4 is 10.1 Å². The van der Waals surface area contributed by atoms with Crippen molar-refractivity contribution < 1.29 is 33.0 Å². The second-order valence-electron chi connectivity index (χ2n) is 5.80. The van der Waals surface area contributed by atoms with Gasteiger partial charge < -0.3 is 20.3 Å². The summed E-state index contributed by atoms with van der Waals surface area (Å²) in [5.74, 6) is -2.36. The van der Waals surface area contributed by atoms with E-state index in [4.69, 9.17) is 9.84 Å². The highest BCUT2D eigenvalue weighted by molar-refractivity contribution is 9.10. The number of rotatable bonds is 9. The highest BCUT2D eigenvalue weighted by atomic mass is 79.9. The highest BCUT2D eigenvalue weighted by Crippen LogP contribution is 2.28. The molecule has 8 nitrogen and oxygen atoms in total. The second kappa shape index (κ2) is 9.07. The molecule has 0 fully saturated rings. The van der Waals surface area contributed by atoms with Crippen LogP contribution in [0.4, 0.5) is 5.69 Å². The summed E-state index contributed by atoms with van der Waals surface area (Å²) in [6.45, 7) is 0. The molecule has 0 aliphatic rings. The number of carboxylic acids is 2. The van der Waals surface area contributed by atoms with Gasteiger partial charge in [-0.1, -0.05) is 15.9 Å². The van der Waals surface area contributed by atoms with Crippen LogP contribution in [0.1, 0.15) is 22.3 Å². The normalized spacial score (nSPS) is 11.1. The summed E-state index contributed by atoms with van der Waals surface area (Å²) in [4.78, 5) is 22.5. The number of aryl methyl sites for hydroxylation is 1. The monoisotopic (exact) mass is 471 g/mol. The largest absolute Gasteiger partial charge is 0.497 e. The van der Waals surface area contributed by atoms with Crippen LogP contribution in [0.3, 0.4) is 0 Å². The van der Waals surface area contributed by atoms with E-state index in [0.717, 1.165) is 0 Å². The Labute approximate surface area is 170 Å². The summed E-state index contributed by atoms with van der Waals surface area (Å²) < 4.78 is 30.6. The molecule has 28 heavy (non-hydrogen) atoms. The number of benzene rings is 2. The number of sulfone groups is 1. The molecule has 10 heteroatoms. The maximum atomic E-state index is 12.6. The molecule has 150 valence electrons. The quantitative estimate of drug-likeness (QED) is 0.508. The number of anilines is 1. The second-order valence-corrected chi connectivity index (χ2v) is 8.70. The number of aliphatic carboxylic acids is 1. The lowest BCUT2D eigenvalue weighted by atomic mass is 10.0. The van der Waals surface area contributed by atoms with E-state index in [2.05, 4.69) is 21.2 Å². The molecule has 2 aromatic carbocycles. The third kappa shape index (κ3) is 5.46. The number of hydrogen-bond acceptors (Lipinski definition) is 6. The fourth-order valence-electron chi connectivity index (χ4n) is 2.51. The number of nitrogens with one attached hydrogen (secondary N) is 1. The molecule has 0 aromatic heterocycles. The van der Waals surface area contributed by atoms with Gasteiger partial charge in [-0.05, 0) is 48.4 Å². The van der Waals surface area contributed by atoms with Crippen molar-refractivity contribution in [1.82, 2.24) is 0 Å². The smallest absolute Gasteiger partial charge is 0.337 e. The average Bonchev–Trinajstić information content (AvgIpc) is 2.64. The first-order valence-electron chi connectivity index (χ1n) is 8.02. The van der Waals surface area contributed by atoms with Crippen LogP contribution in [0.2, 0.25) is 0 Å². The molecule has 0 radical (unpaired) electrons.